The number of hydrogen-bond acceptors (Lipinski definition) is 3. The molecule has 1 unspecified atom stereocenters. The Bertz CT molecular complexity index is 309. The van der Waals surface area contributed by atoms with Gasteiger partial charge in [0.25, 0.3) is 0 Å². The molecule has 0 radical (unpaired) electrons. The standard InChI is InChI=1S/C11H14ClNO2/c12-9-1-2-10(13-7-9)11(14)8-3-5-15-6-4-8/h1-2,7-8,11,14H,3-6H2. The summed E-state index contributed by atoms with van der Waals surface area (Å²) >= 11 is 5.74. The molecule has 4 heteroatoms. The number of aliphatic hydroxyl groups excluding tert-OH is 1. The first-order chi connectivity index (χ1) is 7.27. The first kappa shape index (κ1) is 10.9. The quantitative estimate of drug-likeness (QED) is 0.842. The minimum Gasteiger partial charge on any atom is -0.387 e. The van der Waals surface area contributed by atoms with E-state index in [4.69, 9.17) is 16.3 Å². The SMILES string of the molecule is OC(c1ccc(Cl)cn1)C1CCOCC1. The molecular weight excluding hydrogens is 214 g/mol. The van der Waals surface area contributed by atoms with Crippen molar-refractivity contribution in [3.05, 3.63) is 29.0 Å². The van der Waals surface area contributed by atoms with E-state index in [9.17, 15) is 5.11 Å². The van der Waals surface area contributed by atoms with Crippen molar-refractivity contribution in [1.29, 1.82) is 0 Å². The van der Waals surface area contributed by atoms with Gasteiger partial charge in [0.05, 0.1) is 16.8 Å². The number of ether oxygens (including phenoxy) is 1. The summed E-state index contributed by atoms with van der Waals surface area (Å²) in [5.41, 5.74) is 0.700. The van der Waals surface area contributed by atoms with Gasteiger partial charge < -0.3 is 9.84 Å². The van der Waals surface area contributed by atoms with Crippen LogP contribution >= 0.6 is 11.6 Å². The Balaban J connectivity index is 2.05. The zero-order chi connectivity index (χ0) is 10.7. The number of nitrogens with zero attached hydrogens (tertiary/aromatic N) is 1. The van der Waals surface area contributed by atoms with Crippen LogP contribution in [0, 0.1) is 5.92 Å². The molecule has 1 aliphatic rings. The molecule has 0 saturated carbocycles. The van der Waals surface area contributed by atoms with E-state index in [1.54, 1.807) is 18.3 Å². The Kier molecular flexibility index (Phi) is 3.57. The van der Waals surface area contributed by atoms with Crippen molar-refractivity contribution < 1.29 is 9.84 Å². The molecule has 15 heavy (non-hydrogen) atoms. The highest BCUT2D eigenvalue weighted by atomic mass is 35.5. The van der Waals surface area contributed by atoms with E-state index in [1.165, 1.54) is 0 Å². The van der Waals surface area contributed by atoms with E-state index >= 15 is 0 Å². The molecule has 1 fully saturated rings. The third kappa shape index (κ3) is 2.68. The maximum atomic E-state index is 10.1. The smallest absolute Gasteiger partial charge is 0.0989 e. The Hall–Kier alpha value is -0.640. The van der Waals surface area contributed by atoms with Crippen molar-refractivity contribution in [2.24, 2.45) is 5.92 Å². The third-order valence-electron chi connectivity index (χ3n) is 2.77. The summed E-state index contributed by atoms with van der Waals surface area (Å²) in [6.45, 7) is 1.46. The van der Waals surface area contributed by atoms with Gasteiger partial charge in [-0.2, -0.15) is 0 Å². The van der Waals surface area contributed by atoms with Gasteiger partial charge in [-0.1, -0.05) is 11.6 Å². The second-order valence-electron chi connectivity index (χ2n) is 3.80. The summed E-state index contributed by atoms with van der Waals surface area (Å²) < 4.78 is 5.25. The molecule has 0 bridgehead atoms. The predicted molar refractivity (Wildman–Crippen MR) is 57.7 cm³/mol. The molecule has 1 atom stereocenters. The summed E-state index contributed by atoms with van der Waals surface area (Å²) in [5.74, 6) is 0.257. The van der Waals surface area contributed by atoms with E-state index < -0.39 is 6.10 Å². The largest absolute Gasteiger partial charge is 0.387 e. The topological polar surface area (TPSA) is 42.4 Å². The fourth-order valence-corrected chi connectivity index (χ4v) is 1.95. The molecule has 82 valence electrons. The zero-order valence-corrected chi connectivity index (χ0v) is 9.15. The second kappa shape index (κ2) is 4.92. The fourth-order valence-electron chi connectivity index (χ4n) is 1.84. The maximum absolute atomic E-state index is 10.1. The van der Waals surface area contributed by atoms with Gasteiger partial charge in [0, 0.05) is 19.4 Å². The van der Waals surface area contributed by atoms with Crippen LogP contribution in [-0.4, -0.2) is 23.3 Å². The lowest BCUT2D eigenvalue weighted by molar-refractivity contribution is 0.00558. The molecule has 0 spiro atoms. The Labute approximate surface area is 94.0 Å². The molecule has 2 rings (SSSR count). The third-order valence-corrected chi connectivity index (χ3v) is 2.99. The van der Waals surface area contributed by atoms with Crippen LogP contribution in [0.2, 0.25) is 5.02 Å². The summed E-state index contributed by atoms with van der Waals surface area (Å²) in [6, 6.07) is 3.54. The van der Waals surface area contributed by atoms with Crippen LogP contribution in [0.1, 0.15) is 24.6 Å². The predicted octanol–water partition coefficient (Wildman–Crippen LogP) is 2.20. The van der Waals surface area contributed by atoms with Gasteiger partial charge in [0.1, 0.15) is 0 Å². The fraction of sp³-hybridized carbons (Fsp3) is 0.545. The van der Waals surface area contributed by atoms with Crippen molar-refractivity contribution in [2.45, 2.75) is 18.9 Å². The lowest BCUT2D eigenvalue weighted by Crippen LogP contribution is -2.22. The van der Waals surface area contributed by atoms with E-state index in [-0.39, 0.29) is 5.92 Å². The first-order valence-electron chi connectivity index (χ1n) is 5.14. The Morgan fingerprint density at radius 3 is 2.73 bits per heavy atom. The average molecular weight is 228 g/mol. The van der Waals surface area contributed by atoms with Crippen molar-refractivity contribution in [3.63, 3.8) is 0 Å². The van der Waals surface area contributed by atoms with Gasteiger partial charge >= 0.3 is 0 Å². The molecule has 1 aromatic heterocycles. The zero-order valence-electron chi connectivity index (χ0n) is 8.40. The van der Waals surface area contributed by atoms with Crippen LogP contribution in [0.3, 0.4) is 0 Å². The van der Waals surface area contributed by atoms with Crippen LogP contribution in [0.25, 0.3) is 0 Å². The number of hydrogen-bond donors (Lipinski definition) is 1. The molecule has 0 aromatic carbocycles. The van der Waals surface area contributed by atoms with Gasteiger partial charge in [-0.05, 0) is 30.9 Å². The number of halogens is 1. The lowest BCUT2D eigenvalue weighted by Gasteiger charge is -2.26. The van der Waals surface area contributed by atoms with Crippen LogP contribution < -0.4 is 0 Å². The van der Waals surface area contributed by atoms with E-state index in [1.807, 2.05) is 0 Å². The Morgan fingerprint density at radius 1 is 1.40 bits per heavy atom. The van der Waals surface area contributed by atoms with Gasteiger partial charge in [-0.3, -0.25) is 4.98 Å². The summed E-state index contributed by atoms with van der Waals surface area (Å²) in [4.78, 5) is 4.13. The van der Waals surface area contributed by atoms with Gasteiger partial charge in [0.2, 0.25) is 0 Å². The minimum atomic E-state index is -0.494. The van der Waals surface area contributed by atoms with Gasteiger partial charge in [-0.15, -0.1) is 0 Å². The highest BCUT2D eigenvalue weighted by Gasteiger charge is 2.24. The van der Waals surface area contributed by atoms with Crippen molar-refractivity contribution >= 4 is 11.6 Å². The molecule has 3 nitrogen and oxygen atoms in total. The van der Waals surface area contributed by atoms with Gasteiger partial charge in [0.15, 0.2) is 0 Å². The maximum Gasteiger partial charge on any atom is 0.0989 e. The minimum absolute atomic E-state index is 0.257. The molecule has 1 aliphatic heterocycles. The van der Waals surface area contributed by atoms with Gasteiger partial charge in [-0.25, -0.2) is 0 Å². The first-order valence-corrected chi connectivity index (χ1v) is 5.52. The molecular formula is C11H14ClNO2. The van der Waals surface area contributed by atoms with Crippen LogP contribution in [0.15, 0.2) is 18.3 Å². The molecule has 2 heterocycles. The monoisotopic (exact) mass is 227 g/mol. The molecule has 0 aliphatic carbocycles. The molecule has 1 aromatic rings. The molecule has 0 amide bonds. The normalized spacial score (nSPS) is 20.1. The van der Waals surface area contributed by atoms with Crippen LogP contribution in [0.5, 0.6) is 0 Å². The Morgan fingerprint density at radius 2 is 2.13 bits per heavy atom. The van der Waals surface area contributed by atoms with Crippen LogP contribution in [0.4, 0.5) is 0 Å². The molecule has 1 saturated heterocycles. The summed E-state index contributed by atoms with van der Waals surface area (Å²) in [7, 11) is 0. The van der Waals surface area contributed by atoms with E-state index in [0.29, 0.717) is 10.7 Å². The highest BCUT2D eigenvalue weighted by Crippen LogP contribution is 2.28. The highest BCUT2D eigenvalue weighted by molar-refractivity contribution is 6.30. The number of pyridine rings is 1. The number of aromatic nitrogens is 1. The number of rotatable bonds is 2. The number of aliphatic hydroxyl groups is 1. The average Bonchev–Trinajstić information content (AvgIpc) is 2.30. The van der Waals surface area contributed by atoms with Crippen molar-refractivity contribution in [1.82, 2.24) is 4.98 Å². The lowest BCUT2D eigenvalue weighted by atomic mass is 9.92. The summed E-state index contributed by atoms with van der Waals surface area (Å²) in [5, 5.41) is 10.7. The van der Waals surface area contributed by atoms with Crippen molar-refractivity contribution in [3.8, 4) is 0 Å². The summed E-state index contributed by atoms with van der Waals surface area (Å²) in [6.07, 6.45) is 2.86. The van der Waals surface area contributed by atoms with Crippen LogP contribution in [-0.2, 0) is 4.74 Å². The van der Waals surface area contributed by atoms with E-state index in [2.05, 4.69) is 4.98 Å². The van der Waals surface area contributed by atoms with Crippen molar-refractivity contribution in [2.75, 3.05) is 13.2 Å². The van der Waals surface area contributed by atoms with E-state index in [0.717, 1.165) is 26.1 Å². The molecule has 1 N–H and O–H groups in total. The second-order valence-corrected chi connectivity index (χ2v) is 4.23.